The summed E-state index contributed by atoms with van der Waals surface area (Å²) in [5, 5.41) is 6.15. The van der Waals surface area contributed by atoms with Gasteiger partial charge in [-0.05, 0) is 63.2 Å². The summed E-state index contributed by atoms with van der Waals surface area (Å²) in [4.78, 5) is 0. The van der Waals surface area contributed by atoms with E-state index in [4.69, 9.17) is 4.42 Å². The number of anilines is 2. The normalized spacial score (nSPS) is 15.8. The van der Waals surface area contributed by atoms with Crippen molar-refractivity contribution in [2.45, 2.75) is 38.5 Å². The second-order valence-electron chi connectivity index (χ2n) is 11.9. The SMILES string of the molecule is CC1(C)c2ccccc2-c2cc(Nc3ccc4c(c3)oc3ccccc34)c3c(c21)C(C)(C)c1ccccc1-3. The molecule has 2 aliphatic rings. The third kappa shape index (κ3) is 2.67. The van der Waals surface area contributed by atoms with Gasteiger partial charge in [-0.25, -0.2) is 0 Å². The third-order valence-corrected chi connectivity index (χ3v) is 9.00. The zero-order chi connectivity index (χ0) is 25.8. The highest BCUT2D eigenvalue weighted by Gasteiger charge is 2.46. The molecule has 6 aromatic rings. The average Bonchev–Trinajstić information content (AvgIpc) is 3.48. The fraction of sp³-hybridized carbons (Fsp3) is 0.167. The molecular weight excluding hydrogens is 462 g/mol. The van der Waals surface area contributed by atoms with Gasteiger partial charge in [0.15, 0.2) is 0 Å². The molecule has 5 aromatic carbocycles. The summed E-state index contributed by atoms with van der Waals surface area (Å²) in [6.45, 7) is 9.56. The number of benzene rings is 5. The van der Waals surface area contributed by atoms with Crippen LogP contribution in [0.5, 0.6) is 0 Å². The molecule has 2 nitrogen and oxygen atoms in total. The maximum Gasteiger partial charge on any atom is 0.137 e. The molecule has 0 saturated heterocycles. The number of furan rings is 1. The second kappa shape index (κ2) is 7.17. The molecule has 0 fully saturated rings. The first-order valence-electron chi connectivity index (χ1n) is 13.5. The lowest BCUT2D eigenvalue weighted by molar-refractivity contribution is 0.601. The minimum absolute atomic E-state index is 0.0684. The van der Waals surface area contributed by atoms with Crippen molar-refractivity contribution in [2.75, 3.05) is 5.32 Å². The highest BCUT2D eigenvalue weighted by atomic mass is 16.3. The Kier molecular flexibility index (Phi) is 4.10. The van der Waals surface area contributed by atoms with E-state index >= 15 is 0 Å². The van der Waals surface area contributed by atoms with Gasteiger partial charge in [0, 0.05) is 44.6 Å². The molecule has 2 heteroatoms. The van der Waals surface area contributed by atoms with Crippen molar-refractivity contribution in [1.82, 2.24) is 0 Å². The molecule has 0 radical (unpaired) electrons. The Bertz CT molecular complexity index is 1950. The van der Waals surface area contributed by atoms with Gasteiger partial charge in [-0.3, -0.25) is 0 Å². The lowest BCUT2D eigenvalue weighted by Crippen LogP contribution is -2.24. The van der Waals surface area contributed by atoms with E-state index in [-0.39, 0.29) is 10.8 Å². The summed E-state index contributed by atoms with van der Waals surface area (Å²) in [5.41, 5.74) is 14.9. The lowest BCUT2D eigenvalue weighted by Gasteiger charge is -2.31. The minimum atomic E-state index is -0.101. The van der Waals surface area contributed by atoms with Crippen LogP contribution in [0.1, 0.15) is 49.9 Å². The van der Waals surface area contributed by atoms with Crippen molar-refractivity contribution in [1.29, 1.82) is 0 Å². The second-order valence-corrected chi connectivity index (χ2v) is 11.9. The number of fused-ring (bicyclic) bond motifs is 10. The molecule has 0 unspecified atom stereocenters. The first kappa shape index (κ1) is 21.8. The predicted molar refractivity (Wildman–Crippen MR) is 159 cm³/mol. The molecule has 1 heterocycles. The monoisotopic (exact) mass is 491 g/mol. The van der Waals surface area contributed by atoms with E-state index in [0.29, 0.717) is 0 Å². The molecule has 0 amide bonds. The average molecular weight is 492 g/mol. The maximum atomic E-state index is 6.22. The highest BCUT2D eigenvalue weighted by molar-refractivity contribution is 6.06. The number of nitrogens with one attached hydrogen (secondary N) is 1. The van der Waals surface area contributed by atoms with Crippen LogP contribution in [-0.4, -0.2) is 0 Å². The molecule has 38 heavy (non-hydrogen) atoms. The summed E-state index contributed by atoms with van der Waals surface area (Å²) >= 11 is 0. The van der Waals surface area contributed by atoms with Crippen LogP contribution in [0.3, 0.4) is 0 Å². The van der Waals surface area contributed by atoms with Crippen LogP contribution in [0.4, 0.5) is 11.4 Å². The van der Waals surface area contributed by atoms with Gasteiger partial charge in [0.1, 0.15) is 11.2 Å². The molecular formula is C36H29NO. The molecule has 0 spiro atoms. The van der Waals surface area contributed by atoms with Crippen molar-refractivity contribution < 1.29 is 4.42 Å². The number of hydrogen-bond acceptors (Lipinski definition) is 2. The van der Waals surface area contributed by atoms with Crippen LogP contribution in [0.2, 0.25) is 0 Å². The zero-order valence-electron chi connectivity index (χ0n) is 22.1. The quantitative estimate of drug-likeness (QED) is 0.261. The number of para-hydroxylation sites is 1. The first-order chi connectivity index (χ1) is 18.4. The van der Waals surface area contributed by atoms with Crippen LogP contribution >= 0.6 is 0 Å². The van der Waals surface area contributed by atoms with Crippen molar-refractivity contribution >= 4 is 33.3 Å². The van der Waals surface area contributed by atoms with Gasteiger partial charge in [0.25, 0.3) is 0 Å². The Balaban J connectivity index is 1.40. The van der Waals surface area contributed by atoms with Gasteiger partial charge in [-0.15, -0.1) is 0 Å². The van der Waals surface area contributed by atoms with Gasteiger partial charge < -0.3 is 9.73 Å². The molecule has 8 rings (SSSR count). The molecule has 0 aliphatic heterocycles. The summed E-state index contributed by atoms with van der Waals surface area (Å²) < 4.78 is 6.22. The minimum Gasteiger partial charge on any atom is -0.456 e. The van der Waals surface area contributed by atoms with Crippen LogP contribution in [0.25, 0.3) is 44.2 Å². The predicted octanol–water partition coefficient (Wildman–Crippen LogP) is 9.94. The third-order valence-electron chi connectivity index (χ3n) is 9.00. The van der Waals surface area contributed by atoms with Gasteiger partial charge >= 0.3 is 0 Å². The van der Waals surface area contributed by atoms with Gasteiger partial charge in [-0.1, -0.05) is 94.4 Å². The van der Waals surface area contributed by atoms with Crippen molar-refractivity contribution in [3.05, 3.63) is 119 Å². The summed E-state index contributed by atoms with van der Waals surface area (Å²) in [5.74, 6) is 0. The van der Waals surface area contributed by atoms with Gasteiger partial charge in [0.2, 0.25) is 0 Å². The van der Waals surface area contributed by atoms with E-state index in [1.807, 2.05) is 12.1 Å². The van der Waals surface area contributed by atoms with Crippen molar-refractivity contribution in [2.24, 2.45) is 0 Å². The van der Waals surface area contributed by atoms with Gasteiger partial charge in [-0.2, -0.15) is 0 Å². The Labute approximate surface area is 222 Å². The lowest BCUT2D eigenvalue weighted by atomic mass is 9.72. The molecule has 0 bridgehead atoms. The standard InChI is InChI=1S/C36H29NO/c1-35(2)27-14-8-5-11-22(27)26-20-29(32-25-13-6-9-15-28(25)36(3,4)34(32)33(26)35)37-21-17-18-24-23-12-7-10-16-30(23)38-31(24)19-21/h5-20,37H,1-4H3. The van der Waals surface area contributed by atoms with E-state index < -0.39 is 0 Å². The molecule has 0 atom stereocenters. The smallest absolute Gasteiger partial charge is 0.137 e. The Hall–Kier alpha value is -4.30. The summed E-state index contributed by atoms with van der Waals surface area (Å²) in [6.07, 6.45) is 0. The van der Waals surface area contributed by atoms with Crippen LogP contribution in [-0.2, 0) is 10.8 Å². The van der Waals surface area contributed by atoms with Crippen molar-refractivity contribution in [3.63, 3.8) is 0 Å². The molecule has 1 aromatic heterocycles. The van der Waals surface area contributed by atoms with E-state index in [9.17, 15) is 0 Å². The fourth-order valence-corrected chi connectivity index (χ4v) is 7.29. The Morgan fingerprint density at radius 3 is 2.00 bits per heavy atom. The van der Waals surface area contributed by atoms with E-state index in [1.165, 1.54) is 44.5 Å². The van der Waals surface area contributed by atoms with E-state index in [2.05, 4.69) is 118 Å². The first-order valence-corrected chi connectivity index (χ1v) is 13.5. The maximum absolute atomic E-state index is 6.22. The Morgan fingerprint density at radius 2 is 1.18 bits per heavy atom. The van der Waals surface area contributed by atoms with E-state index in [1.54, 1.807) is 0 Å². The van der Waals surface area contributed by atoms with Crippen LogP contribution < -0.4 is 5.32 Å². The van der Waals surface area contributed by atoms with Crippen LogP contribution in [0, 0.1) is 0 Å². The van der Waals surface area contributed by atoms with Crippen molar-refractivity contribution in [3.8, 4) is 22.3 Å². The summed E-state index contributed by atoms with van der Waals surface area (Å²) in [7, 11) is 0. The Morgan fingerprint density at radius 1 is 0.553 bits per heavy atom. The zero-order valence-corrected chi connectivity index (χ0v) is 22.1. The highest BCUT2D eigenvalue weighted by Crippen LogP contribution is 2.61. The molecule has 2 aliphatic carbocycles. The molecule has 1 N–H and O–H groups in total. The van der Waals surface area contributed by atoms with Crippen LogP contribution in [0.15, 0.2) is 101 Å². The van der Waals surface area contributed by atoms with E-state index in [0.717, 1.165) is 33.3 Å². The largest absolute Gasteiger partial charge is 0.456 e. The molecule has 184 valence electrons. The fourth-order valence-electron chi connectivity index (χ4n) is 7.29. The number of rotatable bonds is 2. The number of hydrogen-bond donors (Lipinski definition) is 1. The topological polar surface area (TPSA) is 25.2 Å². The summed E-state index contributed by atoms with van der Waals surface area (Å²) in [6, 6.07) is 35.0. The van der Waals surface area contributed by atoms with Gasteiger partial charge in [0.05, 0.1) is 0 Å². The molecule has 0 saturated carbocycles.